The van der Waals surface area contributed by atoms with Crippen molar-refractivity contribution in [1.29, 1.82) is 0 Å². The third-order valence-electron chi connectivity index (χ3n) is 4.46. The molecule has 2 aliphatic rings. The molecule has 0 aromatic heterocycles. The zero-order valence-corrected chi connectivity index (χ0v) is 14.6. The maximum absolute atomic E-state index is 12.5. The summed E-state index contributed by atoms with van der Waals surface area (Å²) < 4.78 is 0. The Morgan fingerprint density at radius 1 is 0.679 bits per heavy atom. The molecule has 2 aliphatic heterocycles. The van der Waals surface area contributed by atoms with Crippen LogP contribution in [0.5, 0.6) is 0 Å². The summed E-state index contributed by atoms with van der Waals surface area (Å²) in [4.78, 5) is 97.5. The van der Waals surface area contributed by atoms with Crippen molar-refractivity contribution in [1.82, 2.24) is 0 Å². The molecule has 2 atom stereocenters. The third kappa shape index (κ3) is 2.49. The summed E-state index contributed by atoms with van der Waals surface area (Å²) in [5.41, 5.74) is -0.651. The molecule has 28 heavy (non-hydrogen) atoms. The summed E-state index contributed by atoms with van der Waals surface area (Å²) in [6, 6.07) is 5.07. The fourth-order valence-electron chi connectivity index (χ4n) is 3.17. The molecule has 1 aromatic carbocycles. The van der Waals surface area contributed by atoms with Gasteiger partial charge in [-0.2, -0.15) is 0 Å². The zero-order valence-electron chi connectivity index (χ0n) is 14.6. The molecule has 142 valence electrons. The van der Waals surface area contributed by atoms with Gasteiger partial charge in [0.1, 0.15) is 11.6 Å². The summed E-state index contributed by atoms with van der Waals surface area (Å²) in [7, 11) is 0. The summed E-state index contributed by atoms with van der Waals surface area (Å²) >= 11 is 0. The maximum atomic E-state index is 12.5. The van der Waals surface area contributed by atoms with Gasteiger partial charge in [-0.1, -0.05) is 12.1 Å². The first-order valence-electron chi connectivity index (χ1n) is 8.03. The van der Waals surface area contributed by atoms with E-state index in [-0.39, 0.29) is 11.4 Å². The minimum absolute atomic E-state index is 0.326. The van der Waals surface area contributed by atoms with Crippen LogP contribution < -0.4 is 9.80 Å². The van der Waals surface area contributed by atoms with Crippen LogP contribution in [0.3, 0.4) is 0 Å². The molecule has 2 fully saturated rings. The van der Waals surface area contributed by atoms with Gasteiger partial charge in [-0.25, -0.2) is 9.80 Å². The summed E-state index contributed by atoms with van der Waals surface area (Å²) in [5.74, 6) is -12.6. The van der Waals surface area contributed by atoms with Crippen LogP contribution in [0.15, 0.2) is 24.3 Å². The first-order chi connectivity index (χ1) is 13.1. The molecule has 10 nitrogen and oxygen atoms in total. The van der Waals surface area contributed by atoms with E-state index in [1.54, 1.807) is 0 Å². The van der Waals surface area contributed by atoms with E-state index < -0.39 is 58.6 Å². The van der Waals surface area contributed by atoms with Crippen LogP contribution >= 0.6 is 0 Å². The lowest BCUT2D eigenvalue weighted by Gasteiger charge is -2.22. The van der Waals surface area contributed by atoms with E-state index in [1.807, 2.05) is 0 Å². The van der Waals surface area contributed by atoms with Gasteiger partial charge in [0, 0.05) is 0 Å². The Balaban J connectivity index is 2.14. The van der Waals surface area contributed by atoms with E-state index in [9.17, 15) is 38.4 Å². The number of ketones is 4. The Bertz CT molecular complexity index is 943. The highest BCUT2D eigenvalue weighted by Gasteiger charge is 2.54. The molecule has 1 aromatic rings. The molecule has 2 heterocycles. The Labute approximate surface area is 157 Å². The second kappa shape index (κ2) is 6.41. The van der Waals surface area contributed by atoms with Crippen molar-refractivity contribution in [2.24, 2.45) is 11.8 Å². The second-order valence-corrected chi connectivity index (χ2v) is 6.26. The van der Waals surface area contributed by atoms with Gasteiger partial charge in [0.25, 0.3) is 11.8 Å². The topological polar surface area (TPSA) is 143 Å². The number of carbonyl (C=O) groups excluding carboxylic acids is 8. The number of para-hydroxylation sites is 2. The smallest absolute Gasteiger partial charge is 0.299 e. The predicted molar refractivity (Wildman–Crippen MR) is 89.8 cm³/mol. The number of imide groups is 2. The van der Waals surface area contributed by atoms with Crippen molar-refractivity contribution in [3.63, 3.8) is 0 Å². The number of amides is 4. The van der Waals surface area contributed by atoms with Gasteiger partial charge in [-0.15, -0.1) is 0 Å². The van der Waals surface area contributed by atoms with Gasteiger partial charge in [0.05, 0.1) is 11.4 Å². The minimum Gasteiger partial charge on any atom is -0.299 e. The molecule has 0 saturated carbocycles. The fraction of sp³-hybridized carbons (Fsp3) is 0.222. The highest BCUT2D eigenvalue weighted by molar-refractivity contribution is 6.61. The van der Waals surface area contributed by atoms with E-state index in [0.717, 1.165) is 13.8 Å². The molecule has 2 saturated heterocycles. The number of rotatable bonds is 4. The van der Waals surface area contributed by atoms with Crippen molar-refractivity contribution in [2.45, 2.75) is 13.8 Å². The molecule has 0 unspecified atom stereocenters. The number of hydrogen-bond donors (Lipinski definition) is 0. The van der Waals surface area contributed by atoms with Gasteiger partial charge in [0.15, 0.2) is 11.8 Å². The lowest BCUT2D eigenvalue weighted by atomic mass is 10.0. The van der Waals surface area contributed by atoms with Gasteiger partial charge >= 0.3 is 11.8 Å². The van der Waals surface area contributed by atoms with E-state index in [4.69, 9.17) is 0 Å². The molecule has 10 heteroatoms. The number of anilines is 2. The SMILES string of the molecule is CC(=O)[C@@H]1C(=O)C(=O)N(c2ccccc2N2C(=O)C(=O)[C@@H](C(C)=O)C2=O)C1=O. The molecule has 0 radical (unpaired) electrons. The van der Waals surface area contributed by atoms with Crippen LogP contribution in [0.1, 0.15) is 13.8 Å². The van der Waals surface area contributed by atoms with E-state index in [1.165, 1.54) is 24.3 Å². The quantitative estimate of drug-likeness (QED) is 0.365. The van der Waals surface area contributed by atoms with E-state index in [0.29, 0.717) is 9.80 Å². The van der Waals surface area contributed by atoms with Crippen molar-refractivity contribution < 1.29 is 38.4 Å². The van der Waals surface area contributed by atoms with Gasteiger partial charge in [-0.05, 0) is 26.0 Å². The predicted octanol–water partition coefficient (Wildman–Crippen LogP) is -1.02. The Hall–Kier alpha value is -3.82. The summed E-state index contributed by atoms with van der Waals surface area (Å²) in [6.07, 6.45) is 0. The molecule has 0 spiro atoms. The lowest BCUT2D eigenvalue weighted by molar-refractivity contribution is -0.140. The van der Waals surface area contributed by atoms with Crippen molar-refractivity contribution >= 4 is 58.1 Å². The highest BCUT2D eigenvalue weighted by atomic mass is 16.2. The molecule has 0 bridgehead atoms. The van der Waals surface area contributed by atoms with Crippen LogP contribution in [0.4, 0.5) is 11.4 Å². The fourth-order valence-corrected chi connectivity index (χ4v) is 3.17. The first-order valence-corrected chi connectivity index (χ1v) is 8.03. The van der Waals surface area contributed by atoms with Gasteiger partial charge in [-0.3, -0.25) is 38.4 Å². The third-order valence-corrected chi connectivity index (χ3v) is 4.46. The second-order valence-electron chi connectivity index (χ2n) is 6.26. The van der Waals surface area contributed by atoms with Gasteiger partial charge in [0.2, 0.25) is 11.6 Å². The van der Waals surface area contributed by atoms with E-state index >= 15 is 0 Å². The highest BCUT2D eigenvalue weighted by Crippen LogP contribution is 2.36. The van der Waals surface area contributed by atoms with Crippen LogP contribution in [-0.4, -0.2) is 46.8 Å². The van der Waals surface area contributed by atoms with Gasteiger partial charge < -0.3 is 0 Å². The summed E-state index contributed by atoms with van der Waals surface area (Å²) in [5, 5.41) is 0. The number of hydrogen-bond acceptors (Lipinski definition) is 8. The molecular formula is C18H12N2O8. The number of carbonyl (C=O) groups is 8. The van der Waals surface area contributed by atoms with Crippen LogP contribution in [0, 0.1) is 11.8 Å². The van der Waals surface area contributed by atoms with E-state index in [2.05, 4.69) is 0 Å². The number of nitrogens with zero attached hydrogens (tertiary/aromatic N) is 2. The Morgan fingerprint density at radius 2 is 1.00 bits per heavy atom. The largest absolute Gasteiger partial charge is 0.302 e. The average Bonchev–Trinajstić information content (AvgIpc) is 2.97. The Morgan fingerprint density at radius 3 is 1.25 bits per heavy atom. The van der Waals surface area contributed by atoms with Crippen LogP contribution in [-0.2, 0) is 38.4 Å². The molecule has 3 rings (SSSR count). The molecule has 0 N–H and O–H groups in total. The average molecular weight is 384 g/mol. The Kier molecular flexibility index (Phi) is 4.34. The van der Waals surface area contributed by atoms with Crippen molar-refractivity contribution in [3.05, 3.63) is 24.3 Å². The molecule has 0 aliphatic carbocycles. The summed E-state index contributed by atoms with van der Waals surface area (Å²) in [6.45, 7) is 1.96. The number of Topliss-reactive ketones (excluding diaryl/α,β-unsaturated/α-hetero) is 4. The van der Waals surface area contributed by atoms with Crippen LogP contribution in [0.2, 0.25) is 0 Å². The molecular weight excluding hydrogens is 372 g/mol. The zero-order chi connectivity index (χ0) is 20.9. The standard InChI is InChI=1S/C18H12N2O8/c1-7(21)11-13(23)17(27)19(15(11)25)9-5-3-4-6-10(9)20-16(26)12(8(2)22)14(24)18(20)28/h3-6,11-12H,1-2H3/t11-,12-/m1/s1. The molecule has 4 amide bonds. The first kappa shape index (κ1) is 19.0. The van der Waals surface area contributed by atoms with Crippen molar-refractivity contribution in [2.75, 3.05) is 9.80 Å². The minimum atomic E-state index is -1.81. The lowest BCUT2D eigenvalue weighted by Crippen LogP contribution is -2.37. The number of benzene rings is 1. The normalized spacial score (nSPS) is 22.5. The van der Waals surface area contributed by atoms with Crippen LogP contribution in [0.25, 0.3) is 0 Å². The maximum Gasteiger partial charge on any atom is 0.302 e. The van der Waals surface area contributed by atoms with Crippen molar-refractivity contribution in [3.8, 4) is 0 Å². The monoisotopic (exact) mass is 384 g/mol.